The van der Waals surface area contributed by atoms with E-state index in [1.165, 1.54) is 11.1 Å². The highest BCUT2D eigenvalue weighted by Crippen LogP contribution is 2.40. The normalized spacial score (nSPS) is 11.0. The first-order chi connectivity index (χ1) is 26.8. The maximum absolute atomic E-state index is 5.23. The first-order valence-corrected chi connectivity index (χ1v) is 18.2. The van der Waals surface area contributed by atoms with Crippen molar-refractivity contribution >= 4 is 0 Å². The van der Waals surface area contributed by atoms with Crippen LogP contribution in [0, 0.1) is 0 Å². The zero-order valence-electron chi connectivity index (χ0n) is 29.5. The molecular formula is C51H35N3. The van der Waals surface area contributed by atoms with Crippen LogP contribution in [0.15, 0.2) is 212 Å². The zero-order valence-corrected chi connectivity index (χ0v) is 29.5. The van der Waals surface area contributed by atoms with Crippen LogP contribution in [-0.4, -0.2) is 15.0 Å². The van der Waals surface area contributed by atoms with Crippen LogP contribution in [0.1, 0.15) is 0 Å². The van der Waals surface area contributed by atoms with Crippen LogP contribution >= 0.6 is 0 Å². The molecule has 0 radical (unpaired) electrons. The topological polar surface area (TPSA) is 38.7 Å². The molecule has 0 spiro atoms. The molecule has 0 aliphatic rings. The summed E-state index contributed by atoms with van der Waals surface area (Å²) in [6.07, 6.45) is 0. The van der Waals surface area contributed by atoms with Gasteiger partial charge in [0.25, 0.3) is 0 Å². The molecule has 9 aromatic rings. The van der Waals surface area contributed by atoms with Crippen molar-refractivity contribution in [3.8, 4) is 89.8 Å². The Morgan fingerprint density at radius 1 is 0.204 bits per heavy atom. The van der Waals surface area contributed by atoms with Crippen LogP contribution in [0.2, 0.25) is 0 Å². The lowest BCUT2D eigenvalue weighted by Gasteiger charge is -2.16. The minimum absolute atomic E-state index is 0.621. The fraction of sp³-hybridized carbons (Fsp3) is 0. The van der Waals surface area contributed by atoms with Gasteiger partial charge in [0.15, 0.2) is 17.5 Å². The molecule has 0 amide bonds. The van der Waals surface area contributed by atoms with Gasteiger partial charge in [0.1, 0.15) is 0 Å². The molecule has 54 heavy (non-hydrogen) atoms. The molecule has 0 N–H and O–H groups in total. The highest BCUT2D eigenvalue weighted by atomic mass is 15.0. The van der Waals surface area contributed by atoms with E-state index in [4.69, 9.17) is 15.0 Å². The van der Waals surface area contributed by atoms with Crippen LogP contribution in [0.5, 0.6) is 0 Å². The molecule has 0 fully saturated rings. The molecule has 0 saturated heterocycles. The molecule has 0 saturated carbocycles. The summed E-state index contributed by atoms with van der Waals surface area (Å²) in [6, 6.07) is 74.0. The van der Waals surface area contributed by atoms with Gasteiger partial charge in [0.05, 0.1) is 0 Å². The molecule has 8 aromatic carbocycles. The van der Waals surface area contributed by atoms with E-state index >= 15 is 0 Å². The molecule has 1 aromatic heterocycles. The minimum atomic E-state index is 0.621. The second kappa shape index (κ2) is 14.8. The molecule has 0 unspecified atom stereocenters. The average Bonchev–Trinajstić information content (AvgIpc) is 3.27. The summed E-state index contributed by atoms with van der Waals surface area (Å²) in [4.78, 5) is 15.6. The summed E-state index contributed by atoms with van der Waals surface area (Å²) in [6.45, 7) is 0. The molecule has 9 rings (SSSR count). The SMILES string of the molecule is c1ccc(-c2ccc(-c3ccc(-c4nc(-c5cccc(-c6ccccc6)c5)nc(-c5cccc(-c6ccccc6)c5-c5ccccc5)n4)cc3)cc2)cc1. The molecular weight excluding hydrogens is 655 g/mol. The lowest BCUT2D eigenvalue weighted by atomic mass is 9.90. The Bertz CT molecular complexity index is 2660. The third-order valence-electron chi connectivity index (χ3n) is 9.78. The van der Waals surface area contributed by atoms with Crippen molar-refractivity contribution < 1.29 is 0 Å². The van der Waals surface area contributed by atoms with Crippen molar-refractivity contribution in [1.29, 1.82) is 0 Å². The van der Waals surface area contributed by atoms with Crippen LogP contribution in [0.25, 0.3) is 89.8 Å². The number of hydrogen-bond donors (Lipinski definition) is 0. The Morgan fingerprint density at radius 3 is 1.11 bits per heavy atom. The van der Waals surface area contributed by atoms with E-state index in [0.717, 1.165) is 61.2 Å². The number of benzene rings is 8. The number of hydrogen-bond acceptors (Lipinski definition) is 3. The number of nitrogens with zero attached hydrogens (tertiary/aromatic N) is 3. The summed E-state index contributed by atoms with van der Waals surface area (Å²) in [5, 5.41) is 0. The predicted octanol–water partition coefficient (Wildman–Crippen LogP) is 13.2. The quantitative estimate of drug-likeness (QED) is 0.159. The van der Waals surface area contributed by atoms with E-state index in [1.807, 2.05) is 12.1 Å². The Kier molecular flexibility index (Phi) is 8.94. The molecule has 0 atom stereocenters. The second-order valence-electron chi connectivity index (χ2n) is 13.2. The number of aromatic nitrogens is 3. The van der Waals surface area contributed by atoms with Gasteiger partial charge in [-0.05, 0) is 56.1 Å². The third kappa shape index (κ3) is 6.74. The standard InChI is InChI=1S/C51H35N3/c1-5-15-36(16-6-1)38-27-29-39(30-28-38)40-31-33-43(34-32-40)49-52-50(45-24-13-23-44(35-45)37-17-7-2-8-18-37)54-51(53-49)47-26-14-25-46(41-19-9-3-10-20-41)48(47)42-21-11-4-12-22-42/h1-35H. The molecule has 1 heterocycles. The maximum Gasteiger partial charge on any atom is 0.164 e. The Balaban J connectivity index is 1.18. The third-order valence-corrected chi connectivity index (χ3v) is 9.78. The van der Waals surface area contributed by atoms with E-state index in [9.17, 15) is 0 Å². The van der Waals surface area contributed by atoms with Crippen molar-refractivity contribution in [2.75, 3.05) is 0 Å². The summed E-state index contributed by atoms with van der Waals surface area (Å²) in [5.74, 6) is 1.87. The highest BCUT2D eigenvalue weighted by molar-refractivity contribution is 5.93. The Labute approximate surface area is 316 Å². The maximum atomic E-state index is 5.23. The fourth-order valence-corrected chi connectivity index (χ4v) is 7.03. The average molecular weight is 690 g/mol. The van der Waals surface area contributed by atoms with Gasteiger partial charge < -0.3 is 0 Å². The molecule has 254 valence electrons. The first-order valence-electron chi connectivity index (χ1n) is 18.2. The van der Waals surface area contributed by atoms with E-state index in [0.29, 0.717) is 17.5 Å². The Hall–Kier alpha value is -7.23. The van der Waals surface area contributed by atoms with E-state index in [2.05, 4.69) is 200 Å². The number of rotatable bonds is 8. The van der Waals surface area contributed by atoms with Crippen LogP contribution in [0.3, 0.4) is 0 Å². The van der Waals surface area contributed by atoms with Gasteiger partial charge in [-0.15, -0.1) is 0 Å². The molecule has 3 nitrogen and oxygen atoms in total. The first kappa shape index (κ1) is 32.7. The predicted molar refractivity (Wildman–Crippen MR) is 223 cm³/mol. The summed E-state index contributed by atoms with van der Waals surface area (Å²) >= 11 is 0. The highest BCUT2D eigenvalue weighted by Gasteiger charge is 2.19. The van der Waals surface area contributed by atoms with E-state index in [1.54, 1.807) is 0 Å². The molecule has 0 aliphatic carbocycles. The molecule has 0 bridgehead atoms. The summed E-state index contributed by atoms with van der Waals surface area (Å²) in [5.41, 5.74) is 14.2. The monoisotopic (exact) mass is 689 g/mol. The van der Waals surface area contributed by atoms with Gasteiger partial charge >= 0.3 is 0 Å². The molecule has 3 heteroatoms. The van der Waals surface area contributed by atoms with E-state index in [-0.39, 0.29) is 0 Å². The summed E-state index contributed by atoms with van der Waals surface area (Å²) in [7, 11) is 0. The van der Waals surface area contributed by atoms with Crippen LogP contribution in [-0.2, 0) is 0 Å². The van der Waals surface area contributed by atoms with Crippen molar-refractivity contribution in [2.45, 2.75) is 0 Å². The van der Waals surface area contributed by atoms with Gasteiger partial charge in [-0.2, -0.15) is 0 Å². The van der Waals surface area contributed by atoms with Crippen molar-refractivity contribution in [2.24, 2.45) is 0 Å². The van der Waals surface area contributed by atoms with Gasteiger partial charge in [0.2, 0.25) is 0 Å². The van der Waals surface area contributed by atoms with Gasteiger partial charge in [-0.25, -0.2) is 15.0 Å². The van der Waals surface area contributed by atoms with Crippen LogP contribution in [0.4, 0.5) is 0 Å². The largest absolute Gasteiger partial charge is 0.208 e. The fourth-order valence-electron chi connectivity index (χ4n) is 7.03. The van der Waals surface area contributed by atoms with E-state index < -0.39 is 0 Å². The second-order valence-corrected chi connectivity index (χ2v) is 13.2. The van der Waals surface area contributed by atoms with Gasteiger partial charge in [-0.1, -0.05) is 206 Å². The van der Waals surface area contributed by atoms with Crippen LogP contribution < -0.4 is 0 Å². The summed E-state index contributed by atoms with van der Waals surface area (Å²) < 4.78 is 0. The van der Waals surface area contributed by atoms with Gasteiger partial charge in [-0.3, -0.25) is 0 Å². The lowest BCUT2D eigenvalue weighted by Crippen LogP contribution is -2.02. The van der Waals surface area contributed by atoms with Crippen molar-refractivity contribution in [3.63, 3.8) is 0 Å². The molecule has 0 aliphatic heterocycles. The smallest absolute Gasteiger partial charge is 0.164 e. The lowest BCUT2D eigenvalue weighted by molar-refractivity contribution is 1.07. The minimum Gasteiger partial charge on any atom is -0.208 e. The Morgan fingerprint density at radius 2 is 0.556 bits per heavy atom. The van der Waals surface area contributed by atoms with Crippen molar-refractivity contribution in [3.05, 3.63) is 212 Å². The zero-order chi connectivity index (χ0) is 36.1. The van der Waals surface area contributed by atoms with Crippen molar-refractivity contribution in [1.82, 2.24) is 15.0 Å². The van der Waals surface area contributed by atoms with Gasteiger partial charge in [0, 0.05) is 22.3 Å².